The lowest BCUT2D eigenvalue weighted by Crippen LogP contribution is -2.24. The summed E-state index contributed by atoms with van der Waals surface area (Å²) in [5.74, 6) is -0.00908. The highest BCUT2D eigenvalue weighted by Gasteiger charge is 2.18. The topological polar surface area (TPSA) is 75.4 Å². The summed E-state index contributed by atoms with van der Waals surface area (Å²) >= 11 is 9.89. The van der Waals surface area contributed by atoms with E-state index < -0.39 is 5.97 Å². The van der Waals surface area contributed by atoms with Crippen molar-refractivity contribution in [3.8, 4) is 0 Å². The van der Waals surface area contributed by atoms with E-state index in [0.29, 0.717) is 10.9 Å². The molecular formula is C19H16BrClN4O2. The van der Waals surface area contributed by atoms with Gasteiger partial charge in [0.15, 0.2) is 0 Å². The molecule has 0 bridgehead atoms. The van der Waals surface area contributed by atoms with E-state index in [9.17, 15) is 4.79 Å². The van der Waals surface area contributed by atoms with Gasteiger partial charge < -0.3 is 4.74 Å². The Labute approximate surface area is 170 Å². The van der Waals surface area contributed by atoms with E-state index in [2.05, 4.69) is 36.2 Å². The van der Waals surface area contributed by atoms with E-state index in [0.717, 1.165) is 27.0 Å². The first-order valence-corrected chi connectivity index (χ1v) is 9.22. The van der Waals surface area contributed by atoms with Crippen molar-refractivity contribution in [2.45, 2.75) is 6.92 Å². The monoisotopic (exact) mass is 446 g/mol. The number of nitrogens with one attached hydrogen (secondary N) is 1. The molecule has 3 rings (SSSR count). The maximum atomic E-state index is 11.5. The highest BCUT2D eigenvalue weighted by atomic mass is 79.9. The van der Waals surface area contributed by atoms with Gasteiger partial charge >= 0.3 is 5.97 Å². The number of nitrogens with zero attached hydrogens (tertiary/aromatic N) is 3. The van der Waals surface area contributed by atoms with Crippen LogP contribution in [0.1, 0.15) is 18.1 Å². The number of rotatable bonds is 3. The largest absolute Gasteiger partial charge is 0.464 e. The van der Waals surface area contributed by atoms with Crippen LogP contribution >= 0.6 is 27.5 Å². The number of fused-ring (bicyclic) bond motifs is 1. The number of hydrogen-bond acceptors (Lipinski definition) is 6. The Kier molecular flexibility index (Phi) is 6.03. The lowest BCUT2D eigenvalue weighted by atomic mass is 10.0. The van der Waals surface area contributed by atoms with Crippen molar-refractivity contribution < 1.29 is 9.53 Å². The van der Waals surface area contributed by atoms with Crippen LogP contribution in [0, 0.1) is 0 Å². The van der Waals surface area contributed by atoms with Crippen molar-refractivity contribution >= 4 is 56.4 Å². The zero-order valence-electron chi connectivity index (χ0n) is 14.7. The summed E-state index contributed by atoms with van der Waals surface area (Å²) in [6, 6.07) is 13.3. The molecule has 0 radical (unpaired) electrons. The molecule has 0 saturated heterocycles. The van der Waals surface area contributed by atoms with Crippen LogP contribution in [-0.2, 0) is 9.53 Å². The summed E-state index contributed by atoms with van der Waals surface area (Å²) in [7, 11) is 1.30. The van der Waals surface area contributed by atoms with Crippen molar-refractivity contribution in [3.63, 3.8) is 0 Å². The molecule has 2 aromatic rings. The number of hydrazone groups is 1. The van der Waals surface area contributed by atoms with Gasteiger partial charge in [-0.05, 0) is 31.2 Å². The number of amidine groups is 1. The first-order valence-electron chi connectivity index (χ1n) is 8.05. The fraction of sp³-hybridized carbons (Fsp3) is 0.158. The Hall–Kier alpha value is -2.51. The van der Waals surface area contributed by atoms with E-state index in [4.69, 9.17) is 16.6 Å². The van der Waals surface area contributed by atoms with Crippen molar-refractivity contribution in [2.24, 2.45) is 15.1 Å². The van der Waals surface area contributed by atoms with Crippen LogP contribution in [0.4, 0.5) is 5.69 Å². The minimum Gasteiger partial charge on any atom is -0.464 e. The highest BCUT2D eigenvalue weighted by molar-refractivity contribution is 9.10. The standard InChI is InChI=1S/C19H16BrClN4O2/c1-11(19(26)27-2)24-25-17-10-22-18(13-5-3-4-6-15(13)21)14-9-12(20)7-8-16(14)23-17/h3-9H,10H2,1-2H3,(H,23,25). The average molecular weight is 448 g/mol. The van der Waals surface area contributed by atoms with Crippen molar-refractivity contribution in [1.82, 2.24) is 5.43 Å². The summed E-state index contributed by atoms with van der Waals surface area (Å²) in [5, 5.41) is 4.63. The Bertz CT molecular complexity index is 985. The molecule has 0 unspecified atom stereocenters. The smallest absolute Gasteiger partial charge is 0.353 e. The van der Waals surface area contributed by atoms with E-state index >= 15 is 0 Å². The van der Waals surface area contributed by atoms with Gasteiger partial charge in [0.2, 0.25) is 0 Å². The Balaban J connectivity index is 2.02. The zero-order chi connectivity index (χ0) is 19.4. The number of ether oxygens (including phenoxy) is 1. The van der Waals surface area contributed by atoms with E-state index in [1.165, 1.54) is 7.11 Å². The molecule has 6 nitrogen and oxygen atoms in total. The molecular weight excluding hydrogens is 432 g/mol. The minimum absolute atomic E-state index is 0.191. The molecule has 1 aliphatic rings. The van der Waals surface area contributed by atoms with E-state index in [1.54, 1.807) is 6.92 Å². The van der Waals surface area contributed by atoms with Crippen LogP contribution in [0.25, 0.3) is 0 Å². The van der Waals surface area contributed by atoms with Crippen LogP contribution in [-0.4, -0.2) is 36.9 Å². The predicted molar refractivity (Wildman–Crippen MR) is 111 cm³/mol. The quantitative estimate of drug-likeness (QED) is 0.437. The van der Waals surface area contributed by atoms with Gasteiger partial charge in [0.05, 0.1) is 25.1 Å². The molecule has 0 aliphatic carbocycles. The van der Waals surface area contributed by atoms with E-state index in [1.807, 2.05) is 42.5 Å². The number of aliphatic imine (C=N–C) groups is 2. The maximum absolute atomic E-state index is 11.5. The average Bonchev–Trinajstić information content (AvgIpc) is 2.85. The van der Waals surface area contributed by atoms with Crippen molar-refractivity contribution in [3.05, 3.63) is 63.1 Å². The fourth-order valence-corrected chi connectivity index (χ4v) is 3.09. The van der Waals surface area contributed by atoms with Crippen LogP contribution < -0.4 is 5.43 Å². The van der Waals surface area contributed by atoms with Crippen LogP contribution in [0.15, 0.2) is 62.0 Å². The molecule has 0 spiro atoms. The van der Waals surface area contributed by atoms with Gasteiger partial charge in [-0.3, -0.25) is 10.4 Å². The summed E-state index contributed by atoms with van der Waals surface area (Å²) in [6.07, 6.45) is 0. The van der Waals surface area contributed by atoms with Crippen LogP contribution in [0.3, 0.4) is 0 Å². The summed E-state index contributed by atoms with van der Waals surface area (Å²) in [5.41, 5.74) is 6.13. The molecule has 0 saturated carbocycles. The van der Waals surface area contributed by atoms with Gasteiger partial charge in [0, 0.05) is 20.6 Å². The summed E-state index contributed by atoms with van der Waals surface area (Å²) < 4.78 is 5.55. The van der Waals surface area contributed by atoms with E-state index in [-0.39, 0.29) is 12.3 Å². The van der Waals surface area contributed by atoms with Crippen molar-refractivity contribution in [1.29, 1.82) is 0 Å². The molecule has 0 aromatic heterocycles. The van der Waals surface area contributed by atoms with Gasteiger partial charge in [-0.2, -0.15) is 5.10 Å². The summed E-state index contributed by atoms with van der Waals surface area (Å²) in [4.78, 5) is 20.8. The lowest BCUT2D eigenvalue weighted by Gasteiger charge is -2.10. The molecule has 0 fully saturated rings. The number of carbonyl (C=O) groups is 1. The third kappa shape index (κ3) is 4.43. The second-order valence-electron chi connectivity index (χ2n) is 5.67. The van der Waals surface area contributed by atoms with Crippen molar-refractivity contribution in [2.75, 3.05) is 13.7 Å². The maximum Gasteiger partial charge on any atom is 0.353 e. The van der Waals surface area contributed by atoms with Crippen LogP contribution in [0.2, 0.25) is 5.02 Å². The third-order valence-corrected chi connectivity index (χ3v) is 4.64. The molecule has 1 heterocycles. The fourth-order valence-electron chi connectivity index (χ4n) is 2.50. The molecule has 27 heavy (non-hydrogen) atoms. The molecule has 0 amide bonds. The number of methoxy groups -OCH3 is 1. The zero-order valence-corrected chi connectivity index (χ0v) is 17.0. The number of carbonyl (C=O) groups excluding carboxylic acids is 1. The highest BCUT2D eigenvalue weighted by Crippen LogP contribution is 2.30. The lowest BCUT2D eigenvalue weighted by molar-refractivity contribution is -0.132. The molecule has 0 atom stereocenters. The second kappa shape index (κ2) is 8.45. The van der Waals surface area contributed by atoms with Gasteiger partial charge in [0.25, 0.3) is 0 Å². The van der Waals surface area contributed by atoms with Gasteiger partial charge in [0.1, 0.15) is 11.5 Å². The normalized spacial score (nSPS) is 13.9. The number of hydrogen-bond donors (Lipinski definition) is 1. The van der Waals surface area contributed by atoms with Gasteiger partial charge in [-0.15, -0.1) is 0 Å². The number of benzene rings is 2. The number of esters is 1. The SMILES string of the molecule is COC(=O)C(C)=NNC1=Nc2ccc(Br)cc2C(c2ccccc2Cl)=NC1. The Morgan fingerprint density at radius 3 is 2.78 bits per heavy atom. The second-order valence-corrected chi connectivity index (χ2v) is 6.99. The van der Waals surface area contributed by atoms with Gasteiger partial charge in [-0.25, -0.2) is 9.79 Å². The molecule has 2 aromatic carbocycles. The molecule has 138 valence electrons. The Morgan fingerprint density at radius 1 is 1.26 bits per heavy atom. The summed E-state index contributed by atoms with van der Waals surface area (Å²) in [6.45, 7) is 1.81. The molecule has 1 N–H and O–H groups in total. The number of halogens is 2. The molecule has 8 heteroatoms. The Morgan fingerprint density at radius 2 is 2.04 bits per heavy atom. The minimum atomic E-state index is -0.513. The first kappa shape index (κ1) is 19.3. The molecule has 1 aliphatic heterocycles. The third-order valence-electron chi connectivity index (χ3n) is 3.82. The predicted octanol–water partition coefficient (Wildman–Crippen LogP) is 4.12. The van der Waals surface area contributed by atoms with Gasteiger partial charge in [-0.1, -0.05) is 45.7 Å². The first-order chi connectivity index (χ1) is 13.0. The van der Waals surface area contributed by atoms with Crippen LogP contribution in [0.5, 0.6) is 0 Å².